The molecule has 1 saturated heterocycles. The fourth-order valence-corrected chi connectivity index (χ4v) is 4.26. The fraction of sp³-hybridized carbons (Fsp3) is 0.350. The Kier molecular flexibility index (Phi) is 4.29. The van der Waals surface area contributed by atoms with Gasteiger partial charge < -0.3 is 19.9 Å². The second-order valence-electron chi connectivity index (χ2n) is 6.98. The van der Waals surface area contributed by atoms with Gasteiger partial charge in [-0.05, 0) is 42.8 Å². The first-order valence-electron chi connectivity index (χ1n) is 8.50. The molecule has 6 heteroatoms. The van der Waals surface area contributed by atoms with Gasteiger partial charge in [0.15, 0.2) is 5.79 Å². The van der Waals surface area contributed by atoms with Crippen molar-refractivity contribution in [3.63, 3.8) is 0 Å². The molecule has 26 heavy (non-hydrogen) atoms. The smallest absolute Gasteiger partial charge is 0.317 e. The molecule has 2 N–H and O–H groups in total. The second-order valence-corrected chi connectivity index (χ2v) is 7.90. The van der Waals surface area contributed by atoms with Crippen molar-refractivity contribution in [1.29, 1.82) is 0 Å². The van der Waals surface area contributed by atoms with E-state index in [1.165, 1.54) is 0 Å². The summed E-state index contributed by atoms with van der Waals surface area (Å²) >= 11 is 3.49. The Bertz CT molecular complexity index is 853. The van der Waals surface area contributed by atoms with Gasteiger partial charge in [0.1, 0.15) is 11.9 Å². The lowest BCUT2D eigenvalue weighted by Gasteiger charge is -2.47. The van der Waals surface area contributed by atoms with E-state index in [-0.39, 0.29) is 11.9 Å². The van der Waals surface area contributed by atoms with Crippen LogP contribution in [0.15, 0.2) is 46.9 Å². The van der Waals surface area contributed by atoms with Gasteiger partial charge in [0, 0.05) is 35.2 Å². The van der Waals surface area contributed by atoms with E-state index in [9.17, 15) is 4.79 Å². The van der Waals surface area contributed by atoms with Crippen LogP contribution in [0.2, 0.25) is 0 Å². The minimum Gasteiger partial charge on any atom is -0.426 e. The molecule has 0 amide bonds. The minimum absolute atomic E-state index is 0.0982. The predicted octanol–water partition coefficient (Wildman–Crippen LogP) is 4.17. The number of nitrogen functional groups attached to an aromatic ring is 1. The van der Waals surface area contributed by atoms with E-state index in [0.29, 0.717) is 17.9 Å². The van der Waals surface area contributed by atoms with Crippen LogP contribution in [-0.2, 0) is 14.3 Å². The van der Waals surface area contributed by atoms with E-state index >= 15 is 0 Å². The molecular formula is C20H20BrNO4. The highest BCUT2D eigenvalue weighted by molar-refractivity contribution is 9.10. The zero-order valence-corrected chi connectivity index (χ0v) is 16.2. The minimum atomic E-state index is -0.801. The number of fused-ring (bicyclic) bond motifs is 3. The highest BCUT2D eigenvalue weighted by Crippen LogP contribution is 2.53. The summed E-state index contributed by atoms with van der Waals surface area (Å²) in [5.74, 6) is -1.08. The molecule has 2 aliphatic rings. The van der Waals surface area contributed by atoms with Crippen LogP contribution < -0.4 is 10.5 Å². The molecule has 2 aromatic carbocycles. The van der Waals surface area contributed by atoms with Gasteiger partial charge in [-0.1, -0.05) is 28.1 Å². The molecule has 4 unspecified atom stereocenters. The number of nitrogens with two attached hydrogens (primary N) is 1. The largest absolute Gasteiger partial charge is 0.426 e. The third kappa shape index (κ3) is 2.92. The Labute approximate surface area is 160 Å². The topological polar surface area (TPSA) is 70.8 Å². The fourth-order valence-electron chi connectivity index (χ4n) is 3.88. The number of rotatable bonds is 2. The summed E-state index contributed by atoms with van der Waals surface area (Å²) in [5.41, 5.74) is 8.39. The standard InChI is InChI=1S/C20H20BrNO4/c1-20(24-2)10-15(11-3-6-13(22)7-4-11)17-18(26-20)14-9-12(21)5-8-16(14)25-19(17)23/h3-9,15,17-18H,10,22H2,1-2H3. The van der Waals surface area contributed by atoms with Crippen LogP contribution in [0.1, 0.15) is 36.5 Å². The molecule has 2 heterocycles. The zero-order valence-electron chi connectivity index (χ0n) is 14.6. The third-order valence-corrected chi connectivity index (χ3v) is 5.78. The van der Waals surface area contributed by atoms with E-state index in [1.807, 2.05) is 43.3 Å². The number of hydrogen-bond acceptors (Lipinski definition) is 5. The summed E-state index contributed by atoms with van der Waals surface area (Å²) in [6.45, 7) is 1.91. The van der Waals surface area contributed by atoms with Crippen molar-refractivity contribution in [3.8, 4) is 5.75 Å². The first kappa shape index (κ1) is 17.5. The maximum absolute atomic E-state index is 12.8. The first-order chi connectivity index (χ1) is 12.4. The van der Waals surface area contributed by atoms with Crippen LogP contribution in [0.3, 0.4) is 0 Å². The molecule has 2 aliphatic heterocycles. The maximum Gasteiger partial charge on any atom is 0.317 e. The van der Waals surface area contributed by atoms with Crippen molar-refractivity contribution in [1.82, 2.24) is 0 Å². The number of carbonyl (C=O) groups excluding carboxylic acids is 1. The number of hydrogen-bond donors (Lipinski definition) is 1. The lowest BCUT2D eigenvalue weighted by molar-refractivity contribution is -0.279. The molecule has 136 valence electrons. The third-order valence-electron chi connectivity index (χ3n) is 5.28. The Morgan fingerprint density at radius 2 is 1.96 bits per heavy atom. The summed E-state index contributed by atoms with van der Waals surface area (Å²) < 4.78 is 18.5. The Balaban J connectivity index is 1.83. The number of benzene rings is 2. The van der Waals surface area contributed by atoms with Crippen LogP contribution >= 0.6 is 15.9 Å². The van der Waals surface area contributed by atoms with E-state index in [1.54, 1.807) is 13.2 Å². The molecular weight excluding hydrogens is 398 g/mol. The molecule has 0 aliphatic carbocycles. The molecule has 0 aromatic heterocycles. The average molecular weight is 418 g/mol. The molecule has 0 bridgehead atoms. The predicted molar refractivity (Wildman–Crippen MR) is 101 cm³/mol. The zero-order chi connectivity index (χ0) is 18.5. The summed E-state index contributed by atoms with van der Waals surface area (Å²) in [7, 11) is 1.63. The van der Waals surface area contributed by atoms with Crippen molar-refractivity contribution in [2.75, 3.05) is 12.8 Å². The second kappa shape index (κ2) is 6.37. The molecule has 2 aromatic rings. The van der Waals surface area contributed by atoms with E-state index in [4.69, 9.17) is 19.9 Å². The van der Waals surface area contributed by atoms with Gasteiger partial charge >= 0.3 is 5.97 Å². The lowest BCUT2D eigenvalue weighted by atomic mass is 9.73. The van der Waals surface area contributed by atoms with Crippen LogP contribution in [0.25, 0.3) is 0 Å². The number of carbonyl (C=O) groups is 1. The number of ether oxygens (including phenoxy) is 3. The monoisotopic (exact) mass is 417 g/mol. The highest BCUT2D eigenvalue weighted by atomic mass is 79.9. The van der Waals surface area contributed by atoms with Gasteiger partial charge in [0.2, 0.25) is 0 Å². The lowest BCUT2D eigenvalue weighted by Crippen LogP contribution is -2.49. The molecule has 5 nitrogen and oxygen atoms in total. The van der Waals surface area contributed by atoms with E-state index in [2.05, 4.69) is 15.9 Å². The van der Waals surface area contributed by atoms with Crippen molar-refractivity contribution in [2.45, 2.75) is 31.2 Å². The quantitative estimate of drug-likeness (QED) is 0.450. The summed E-state index contributed by atoms with van der Waals surface area (Å²) in [6, 6.07) is 13.2. The SMILES string of the molecule is COC1(C)CC(c2ccc(N)cc2)C2C(=O)Oc3ccc(Br)cc3C2O1. The van der Waals surface area contributed by atoms with Crippen molar-refractivity contribution < 1.29 is 19.0 Å². The van der Waals surface area contributed by atoms with E-state index in [0.717, 1.165) is 15.6 Å². The van der Waals surface area contributed by atoms with Gasteiger partial charge in [0.25, 0.3) is 0 Å². The van der Waals surface area contributed by atoms with Crippen molar-refractivity contribution >= 4 is 27.6 Å². The summed E-state index contributed by atoms with van der Waals surface area (Å²) in [4.78, 5) is 12.8. The summed E-state index contributed by atoms with van der Waals surface area (Å²) in [5, 5.41) is 0. The molecule has 4 atom stereocenters. The van der Waals surface area contributed by atoms with Crippen LogP contribution in [0.5, 0.6) is 5.75 Å². The van der Waals surface area contributed by atoms with Gasteiger partial charge in [-0.15, -0.1) is 0 Å². The highest BCUT2D eigenvalue weighted by Gasteiger charge is 2.52. The van der Waals surface area contributed by atoms with Gasteiger partial charge in [0.05, 0.1) is 5.92 Å². The normalized spacial score (nSPS) is 30.3. The summed E-state index contributed by atoms with van der Waals surface area (Å²) in [6.07, 6.45) is 0.109. The number of esters is 1. The van der Waals surface area contributed by atoms with Crippen molar-refractivity contribution in [3.05, 3.63) is 58.1 Å². The van der Waals surface area contributed by atoms with Gasteiger partial charge in [-0.2, -0.15) is 0 Å². The van der Waals surface area contributed by atoms with Gasteiger partial charge in [-0.25, -0.2) is 0 Å². The van der Waals surface area contributed by atoms with Crippen molar-refractivity contribution in [2.24, 2.45) is 5.92 Å². The van der Waals surface area contributed by atoms with Crippen LogP contribution in [0, 0.1) is 5.92 Å². The Hall–Kier alpha value is -1.89. The molecule has 0 radical (unpaired) electrons. The number of methoxy groups -OCH3 is 1. The van der Waals surface area contributed by atoms with E-state index < -0.39 is 17.8 Å². The molecule has 4 rings (SSSR count). The molecule has 0 spiro atoms. The Morgan fingerprint density at radius 3 is 2.65 bits per heavy atom. The van der Waals surface area contributed by atoms with Gasteiger partial charge in [-0.3, -0.25) is 4.79 Å². The number of anilines is 1. The maximum atomic E-state index is 12.8. The molecule has 0 saturated carbocycles. The number of halogens is 1. The van der Waals surface area contributed by atoms with Crippen LogP contribution in [0.4, 0.5) is 5.69 Å². The average Bonchev–Trinajstić information content (AvgIpc) is 2.62. The van der Waals surface area contributed by atoms with Crippen LogP contribution in [-0.4, -0.2) is 18.9 Å². The molecule has 1 fully saturated rings. The first-order valence-corrected chi connectivity index (χ1v) is 9.29. The Morgan fingerprint density at radius 1 is 1.23 bits per heavy atom.